The van der Waals surface area contributed by atoms with Crippen LogP contribution in [0.4, 0.5) is 15.8 Å². The second-order valence-corrected chi connectivity index (χ2v) is 6.98. The van der Waals surface area contributed by atoms with Gasteiger partial charge in [0.25, 0.3) is 0 Å². The molecule has 0 atom stereocenters. The maximum atomic E-state index is 13.9. The van der Waals surface area contributed by atoms with Gasteiger partial charge in [-0.25, -0.2) is 21.9 Å². The number of thiol groups is 1. The minimum atomic E-state index is -3.19. The predicted octanol–water partition coefficient (Wildman–Crippen LogP) is 4.24. The number of methoxy groups -OCH3 is 1. The smallest absolute Gasteiger partial charge is 0.340 e. The summed E-state index contributed by atoms with van der Waals surface area (Å²) in [4.78, 5) is 12.5. The molecule has 0 bridgehead atoms. The molecule has 152 valence electrons. The maximum absolute atomic E-state index is 13.9. The van der Waals surface area contributed by atoms with Crippen molar-refractivity contribution in [2.45, 2.75) is 32.6 Å². The molecule has 0 aromatic heterocycles. The average molecular weight is 409 g/mol. The Balaban J connectivity index is 2.32. The number of ether oxygens (including phenoxy) is 2. The summed E-state index contributed by atoms with van der Waals surface area (Å²) in [5.74, 6) is -0.817. The lowest BCUT2D eigenvalue weighted by Gasteiger charge is -2.21. The van der Waals surface area contributed by atoms with Gasteiger partial charge in [0.05, 0.1) is 30.7 Å². The van der Waals surface area contributed by atoms with E-state index in [2.05, 4.69) is 6.92 Å². The lowest BCUT2D eigenvalue weighted by molar-refractivity contribution is 0.0499. The summed E-state index contributed by atoms with van der Waals surface area (Å²) < 4.78 is 48.9. The fourth-order valence-electron chi connectivity index (χ4n) is 2.67. The van der Waals surface area contributed by atoms with Crippen LogP contribution in [0.3, 0.4) is 0 Å². The second kappa shape index (κ2) is 10.7. The summed E-state index contributed by atoms with van der Waals surface area (Å²) in [5.41, 5.74) is 0.131. The monoisotopic (exact) mass is 409 g/mol. The van der Waals surface area contributed by atoms with Gasteiger partial charge < -0.3 is 9.47 Å². The van der Waals surface area contributed by atoms with E-state index in [0.717, 1.165) is 35.7 Å². The lowest BCUT2D eigenvalue weighted by atomic mass is 10.1. The molecule has 0 saturated carbocycles. The summed E-state index contributed by atoms with van der Waals surface area (Å²) >= 11 is 0. The highest BCUT2D eigenvalue weighted by Crippen LogP contribution is 2.31. The average Bonchev–Trinajstić information content (AvgIpc) is 2.68. The Kier molecular flexibility index (Phi) is 8.25. The van der Waals surface area contributed by atoms with Crippen molar-refractivity contribution in [3.8, 4) is 5.75 Å². The molecule has 0 spiro atoms. The van der Waals surface area contributed by atoms with Crippen LogP contribution in [0, 0.1) is 5.82 Å². The number of carbonyl (C=O) groups is 1. The molecule has 0 aliphatic carbocycles. The Morgan fingerprint density at radius 3 is 2.39 bits per heavy atom. The fourth-order valence-corrected chi connectivity index (χ4v) is 3.33. The van der Waals surface area contributed by atoms with Crippen LogP contribution in [0.5, 0.6) is 5.75 Å². The Morgan fingerprint density at radius 2 is 1.79 bits per heavy atom. The number of esters is 1. The zero-order valence-electron chi connectivity index (χ0n) is 15.9. The van der Waals surface area contributed by atoms with Crippen LogP contribution in [0.1, 0.15) is 43.0 Å². The van der Waals surface area contributed by atoms with Gasteiger partial charge in [0.15, 0.2) is 0 Å². The molecule has 0 saturated heterocycles. The first-order valence-corrected chi connectivity index (χ1v) is 10.2. The molecule has 2 aromatic carbocycles. The van der Waals surface area contributed by atoms with E-state index >= 15 is 0 Å². The number of halogens is 1. The van der Waals surface area contributed by atoms with Crippen molar-refractivity contribution in [2.24, 2.45) is 0 Å². The van der Waals surface area contributed by atoms with E-state index in [0.29, 0.717) is 12.2 Å². The van der Waals surface area contributed by atoms with Gasteiger partial charge in [-0.1, -0.05) is 26.2 Å². The predicted molar refractivity (Wildman–Crippen MR) is 106 cm³/mol. The normalized spacial score (nSPS) is 10.7. The van der Waals surface area contributed by atoms with E-state index in [1.165, 1.54) is 25.3 Å². The number of unbranched alkanes of at least 4 members (excludes halogenated alkanes) is 3. The third-order valence-electron chi connectivity index (χ3n) is 4.12. The van der Waals surface area contributed by atoms with Gasteiger partial charge in [-0.05, 0) is 48.9 Å². The van der Waals surface area contributed by atoms with Crippen LogP contribution in [0.2, 0.25) is 0 Å². The Labute approximate surface area is 166 Å². The van der Waals surface area contributed by atoms with Crippen molar-refractivity contribution < 1.29 is 27.1 Å². The topological polar surface area (TPSA) is 72.9 Å². The number of anilines is 2. The molecular weight excluding hydrogens is 385 g/mol. The van der Waals surface area contributed by atoms with Gasteiger partial charge in [0.2, 0.25) is 10.9 Å². The molecule has 2 aromatic rings. The Morgan fingerprint density at radius 1 is 1.07 bits per heavy atom. The third kappa shape index (κ3) is 5.69. The van der Waals surface area contributed by atoms with E-state index in [1.807, 2.05) is 0 Å². The summed E-state index contributed by atoms with van der Waals surface area (Å²) in [5, 5.41) is 0. The van der Waals surface area contributed by atoms with Crippen molar-refractivity contribution in [2.75, 3.05) is 18.0 Å². The van der Waals surface area contributed by atoms with Crippen molar-refractivity contribution in [3.05, 3.63) is 53.8 Å². The van der Waals surface area contributed by atoms with E-state index < -0.39 is 22.7 Å². The van der Waals surface area contributed by atoms with Crippen molar-refractivity contribution in [1.82, 2.24) is 0 Å². The number of nitrogens with zero attached hydrogens (tertiary/aromatic N) is 1. The van der Waals surface area contributed by atoms with Gasteiger partial charge in [-0.2, -0.15) is 0 Å². The molecule has 28 heavy (non-hydrogen) atoms. The zero-order valence-corrected chi connectivity index (χ0v) is 16.8. The molecule has 0 fully saturated rings. The Hall–Kier alpha value is -2.61. The molecule has 0 radical (unpaired) electrons. The minimum absolute atomic E-state index is 0.0214. The molecule has 0 N–H and O–H groups in total. The molecule has 8 heteroatoms. The molecule has 2 rings (SSSR count). The molecule has 0 aliphatic rings. The van der Waals surface area contributed by atoms with Crippen LogP contribution in [-0.4, -0.2) is 28.1 Å². The number of rotatable bonds is 10. The van der Waals surface area contributed by atoms with E-state index in [-0.39, 0.29) is 23.5 Å². The highest BCUT2D eigenvalue weighted by Gasteiger charge is 2.22. The molecular formula is C20H24FNO5S. The minimum Gasteiger partial charge on any atom is -0.497 e. The van der Waals surface area contributed by atoms with Crippen LogP contribution < -0.4 is 9.04 Å². The van der Waals surface area contributed by atoms with E-state index in [1.54, 1.807) is 12.1 Å². The first-order valence-electron chi connectivity index (χ1n) is 9.03. The van der Waals surface area contributed by atoms with Gasteiger partial charge >= 0.3 is 5.97 Å². The van der Waals surface area contributed by atoms with Crippen LogP contribution in [0.15, 0.2) is 42.5 Å². The van der Waals surface area contributed by atoms with Gasteiger partial charge in [-0.15, -0.1) is 0 Å². The zero-order chi connectivity index (χ0) is 20.5. The van der Waals surface area contributed by atoms with Crippen LogP contribution in [0.25, 0.3) is 0 Å². The van der Waals surface area contributed by atoms with Crippen LogP contribution in [-0.2, 0) is 15.6 Å². The first kappa shape index (κ1) is 21.7. The molecule has 6 nitrogen and oxygen atoms in total. The SMILES string of the molecule is CCCCCCOC(=O)c1ccc(F)cc1N(c1ccc(OC)cc1)[SH](=O)=O. The van der Waals surface area contributed by atoms with E-state index in [9.17, 15) is 17.6 Å². The quantitative estimate of drug-likeness (QED) is 0.361. The lowest BCUT2D eigenvalue weighted by Crippen LogP contribution is -2.19. The highest BCUT2D eigenvalue weighted by atomic mass is 32.2. The highest BCUT2D eigenvalue weighted by molar-refractivity contribution is 7.74. The molecule has 0 unspecified atom stereocenters. The third-order valence-corrected chi connectivity index (χ3v) is 4.89. The molecule has 0 aliphatic heterocycles. The first-order chi connectivity index (χ1) is 13.5. The molecule has 0 heterocycles. The van der Waals surface area contributed by atoms with E-state index in [4.69, 9.17) is 9.47 Å². The van der Waals surface area contributed by atoms with Crippen molar-refractivity contribution >= 4 is 28.2 Å². The summed E-state index contributed by atoms with van der Waals surface area (Å²) in [7, 11) is -1.70. The van der Waals surface area contributed by atoms with Gasteiger partial charge in [0, 0.05) is 0 Å². The summed E-state index contributed by atoms with van der Waals surface area (Å²) in [6.45, 7) is 2.30. The van der Waals surface area contributed by atoms with Crippen molar-refractivity contribution in [3.63, 3.8) is 0 Å². The Bertz CT molecular complexity index is 859. The van der Waals surface area contributed by atoms with Gasteiger partial charge in [-0.3, -0.25) is 0 Å². The summed E-state index contributed by atoms with van der Waals surface area (Å²) in [6.07, 6.45) is 3.75. The van der Waals surface area contributed by atoms with Gasteiger partial charge in [0.1, 0.15) is 11.6 Å². The number of hydrogen-bond acceptors (Lipinski definition) is 5. The fraction of sp³-hybridized carbons (Fsp3) is 0.350. The second-order valence-electron chi connectivity index (χ2n) is 6.11. The van der Waals surface area contributed by atoms with Crippen LogP contribution >= 0.6 is 0 Å². The largest absolute Gasteiger partial charge is 0.497 e. The number of hydrogen-bond donors (Lipinski definition) is 1. The number of benzene rings is 2. The van der Waals surface area contributed by atoms with Crippen molar-refractivity contribution in [1.29, 1.82) is 0 Å². The standard InChI is InChI=1S/C20H24FNO5S/c1-3-4-5-6-13-27-20(23)18-12-7-15(21)14-19(18)22(28(24)25)16-8-10-17(26-2)11-9-16/h7-12,14,28H,3-6,13H2,1-2H3. The maximum Gasteiger partial charge on any atom is 0.340 e. The molecule has 0 amide bonds. The summed E-state index contributed by atoms with van der Waals surface area (Å²) in [6, 6.07) is 9.50. The number of carbonyl (C=O) groups excluding carboxylic acids is 1.